The summed E-state index contributed by atoms with van der Waals surface area (Å²) in [6.07, 6.45) is 0. The molecule has 0 fully saturated rings. The lowest BCUT2D eigenvalue weighted by Gasteiger charge is -2.17. The fourth-order valence-corrected chi connectivity index (χ4v) is 1.80. The number of anilines is 2. The van der Waals surface area contributed by atoms with E-state index < -0.39 is 0 Å². The smallest absolute Gasteiger partial charge is 0.255 e. The van der Waals surface area contributed by atoms with Crippen LogP contribution in [-0.2, 0) is 0 Å². The van der Waals surface area contributed by atoms with Crippen molar-refractivity contribution in [2.24, 2.45) is 0 Å². The zero-order valence-electron chi connectivity index (χ0n) is 11.3. The molecule has 0 spiro atoms. The van der Waals surface area contributed by atoms with E-state index in [2.05, 4.69) is 17.1 Å². The number of carbonyl (C=O) groups is 1. The first kappa shape index (κ1) is 13.1. The van der Waals surface area contributed by atoms with Crippen LogP contribution < -0.4 is 10.2 Å². The first-order valence-electron chi connectivity index (χ1n) is 6.38. The Morgan fingerprint density at radius 1 is 1.11 bits per heavy atom. The van der Waals surface area contributed by atoms with Crippen molar-refractivity contribution in [1.29, 1.82) is 0 Å². The molecule has 0 unspecified atom stereocenters. The summed E-state index contributed by atoms with van der Waals surface area (Å²) in [6, 6.07) is 17.1. The molecule has 19 heavy (non-hydrogen) atoms. The van der Waals surface area contributed by atoms with Gasteiger partial charge in [-0.25, -0.2) is 0 Å². The van der Waals surface area contributed by atoms with E-state index in [1.54, 1.807) is 12.1 Å². The van der Waals surface area contributed by atoms with Gasteiger partial charge in [0.15, 0.2) is 0 Å². The Kier molecular flexibility index (Phi) is 4.18. The zero-order valence-corrected chi connectivity index (χ0v) is 11.3. The molecule has 2 aromatic carbocycles. The molecule has 0 radical (unpaired) electrons. The molecular formula is C16H18N2O. The highest BCUT2D eigenvalue weighted by molar-refractivity contribution is 6.04. The Bertz CT molecular complexity index is 552. The van der Waals surface area contributed by atoms with Crippen molar-refractivity contribution < 1.29 is 4.79 Å². The molecule has 0 atom stereocenters. The van der Waals surface area contributed by atoms with Gasteiger partial charge in [-0.15, -0.1) is 0 Å². The largest absolute Gasteiger partial charge is 0.375 e. The molecule has 0 bridgehead atoms. The Morgan fingerprint density at radius 3 is 2.53 bits per heavy atom. The molecule has 0 heterocycles. The highest BCUT2D eigenvalue weighted by Crippen LogP contribution is 2.18. The van der Waals surface area contributed by atoms with Gasteiger partial charge in [0.25, 0.3) is 5.91 Å². The minimum Gasteiger partial charge on any atom is -0.375 e. The Morgan fingerprint density at radius 2 is 1.84 bits per heavy atom. The molecule has 0 aliphatic heterocycles. The lowest BCUT2D eigenvalue weighted by molar-refractivity contribution is 0.102. The average molecular weight is 254 g/mol. The summed E-state index contributed by atoms with van der Waals surface area (Å²) in [5.74, 6) is -0.0862. The van der Waals surface area contributed by atoms with Crippen molar-refractivity contribution in [2.75, 3.05) is 23.8 Å². The minimum atomic E-state index is -0.0862. The Labute approximate surface area is 113 Å². The molecule has 0 saturated heterocycles. The van der Waals surface area contributed by atoms with E-state index in [0.29, 0.717) is 5.56 Å². The highest BCUT2D eigenvalue weighted by atomic mass is 16.1. The van der Waals surface area contributed by atoms with Gasteiger partial charge in [0.2, 0.25) is 0 Å². The third-order valence-corrected chi connectivity index (χ3v) is 3.06. The molecule has 0 aliphatic carbocycles. The van der Waals surface area contributed by atoms with Crippen molar-refractivity contribution >= 4 is 17.3 Å². The fraction of sp³-hybridized carbons (Fsp3) is 0.188. The van der Waals surface area contributed by atoms with E-state index in [-0.39, 0.29) is 5.91 Å². The maximum Gasteiger partial charge on any atom is 0.255 e. The summed E-state index contributed by atoms with van der Waals surface area (Å²) in [7, 11) is 2.03. The first-order valence-corrected chi connectivity index (χ1v) is 6.38. The second-order valence-corrected chi connectivity index (χ2v) is 4.38. The van der Waals surface area contributed by atoms with Crippen LogP contribution in [0.4, 0.5) is 11.4 Å². The Hall–Kier alpha value is -2.29. The maximum absolute atomic E-state index is 12.0. The van der Waals surface area contributed by atoms with E-state index >= 15 is 0 Å². The summed E-state index contributed by atoms with van der Waals surface area (Å²) in [5.41, 5.74) is 2.57. The van der Waals surface area contributed by atoms with Crippen LogP contribution in [0.5, 0.6) is 0 Å². The van der Waals surface area contributed by atoms with Gasteiger partial charge in [0, 0.05) is 30.5 Å². The van der Waals surface area contributed by atoms with Crippen LogP contribution in [0.1, 0.15) is 17.3 Å². The zero-order chi connectivity index (χ0) is 13.7. The van der Waals surface area contributed by atoms with E-state index in [1.165, 1.54) is 0 Å². The number of nitrogens with zero attached hydrogens (tertiary/aromatic N) is 1. The summed E-state index contributed by atoms with van der Waals surface area (Å²) >= 11 is 0. The molecule has 1 N–H and O–H groups in total. The third kappa shape index (κ3) is 3.35. The molecule has 98 valence electrons. The SMILES string of the molecule is CCN(C)c1cccc(NC(=O)c2ccccc2)c1. The monoisotopic (exact) mass is 254 g/mol. The highest BCUT2D eigenvalue weighted by Gasteiger charge is 2.06. The molecular weight excluding hydrogens is 236 g/mol. The molecule has 0 saturated carbocycles. The average Bonchev–Trinajstić information content (AvgIpc) is 2.47. The van der Waals surface area contributed by atoms with Gasteiger partial charge < -0.3 is 10.2 Å². The summed E-state index contributed by atoms with van der Waals surface area (Å²) in [5, 5.41) is 2.91. The fourth-order valence-electron chi connectivity index (χ4n) is 1.80. The number of hydrogen-bond acceptors (Lipinski definition) is 2. The number of benzene rings is 2. The molecule has 2 rings (SSSR count). The molecule has 2 aromatic rings. The number of carbonyl (C=O) groups excluding carboxylic acids is 1. The number of nitrogens with one attached hydrogen (secondary N) is 1. The van der Waals surface area contributed by atoms with Crippen molar-refractivity contribution in [3.8, 4) is 0 Å². The molecule has 1 amide bonds. The van der Waals surface area contributed by atoms with Crippen LogP contribution in [-0.4, -0.2) is 19.5 Å². The van der Waals surface area contributed by atoms with Crippen LogP contribution >= 0.6 is 0 Å². The van der Waals surface area contributed by atoms with Gasteiger partial charge in [-0.3, -0.25) is 4.79 Å². The predicted molar refractivity (Wildman–Crippen MR) is 79.8 cm³/mol. The van der Waals surface area contributed by atoms with Gasteiger partial charge in [0.05, 0.1) is 0 Å². The lowest BCUT2D eigenvalue weighted by atomic mass is 10.2. The van der Waals surface area contributed by atoms with Gasteiger partial charge in [-0.2, -0.15) is 0 Å². The van der Waals surface area contributed by atoms with Crippen LogP contribution in [0, 0.1) is 0 Å². The van der Waals surface area contributed by atoms with E-state index in [0.717, 1.165) is 17.9 Å². The second-order valence-electron chi connectivity index (χ2n) is 4.38. The summed E-state index contributed by atoms with van der Waals surface area (Å²) in [6.45, 7) is 3.02. The summed E-state index contributed by atoms with van der Waals surface area (Å²) < 4.78 is 0. The van der Waals surface area contributed by atoms with Crippen LogP contribution in [0.15, 0.2) is 54.6 Å². The van der Waals surface area contributed by atoms with E-state index in [9.17, 15) is 4.79 Å². The van der Waals surface area contributed by atoms with Crippen molar-refractivity contribution in [2.45, 2.75) is 6.92 Å². The normalized spacial score (nSPS) is 10.0. The maximum atomic E-state index is 12.0. The van der Waals surface area contributed by atoms with Crippen LogP contribution in [0.2, 0.25) is 0 Å². The number of rotatable bonds is 4. The molecule has 0 aliphatic rings. The quantitative estimate of drug-likeness (QED) is 0.907. The number of amides is 1. The predicted octanol–water partition coefficient (Wildman–Crippen LogP) is 3.40. The first-order chi connectivity index (χ1) is 9.20. The van der Waals surface area contributed by atoms with Gasteiger partial charge in [0.1, 0.15) is 0 Å². The Balaban J connectivity index is 2.13. The minimum absolute atomic E-state index is 0.0862. The topological polar surface area (TPSA) is 32.3 Å². The van der Waals surface area contributed by atoms with Gasteiger partial charge >= 0.3 is 0 Å². The summed E-state index contributed by atoms with van der Waals surface area (Å²) in [4.78, 5) is 14.2. The molecule has 3 nitrogen and oxygen atoms in total. The molecule has 0 aromatic heterocycles. The second kappa shape index (κ2) is 6.05. The van der Waals surface area contributed by atoms with Crippen LogP contribution in [0.3, 0.4) is 0 Å². The standard InChI is InChI=1S/C16H18N2O/c1-3-18(2)15-11-7-10-14(12-15)17-16(19)13-8-5-4-6-9-13/h4-12H,3H2,1-2H3,(H,17,19). The lowest BCUT2D eigenvalue weighted by Crippen LogP contribution is -2.16. The number of hydrogen-bond donors (Lipinski definition) is 1. The third-order valence-electron chi connectivity index (χ3n) is 3.06. The molecule has 3 heteroatoms. The van der Waals surface area contributed by atoms with Gasteiger partial charge in [-0.1, -0.05) is 24.3 Å². The van der Waals surface area contributed by atoms with E-state index in [4.69, 9.17) is 0 Å². The van der Waals surface area contributed by atoms with Crippen molar-refractivity contribution in [3.05, 3.63) is 60.2 Å². The van der Waals surface area contributed by atoms with Crippen molar-refractivity contribution in [1.82, 2.24) is 0 Å². The van der Waals surface area contributed by atoms with Crippen LogP contribution in [0.25, 0.3) is 0 Å². The van der Waals surface area contributed by atoms with Gasteiger partial charge in [-0.05, 0) is 37.3 Å². The van der Waals surface area contributed by atoms with Crippen molar-refractivity contribution in [3.63, 3.8) is 0 Å². The van der Waals surface area contributed by atoms with E-state index in [1.807, 2.05) is 49.5 Å².